The average Bonchev–Trinajstić information content (AvgIpc) is 3.10. The Labute approximate surface area is 193 Å². The number of benzene rings is 2. The second-order valence-corrected chi connectivity index (χ2v) is 8.01. The van der Waals surface area contributed by atoms with E-state index in [0.717, 1.165) is 34.6 Å². The fourth-order valence-corrected chi connectivity index (χ4v) is 3.37. The largest absolute Gasteiger partial charge is 0.350 e. The van der Waals surface area contributed by atoms with Crippen molar-refractivity contribution >= 4 is 17.9 Å². The zero-order chi connectivity index (χ0) is 24.0. The molecule has 0 spiro atoms. The molecular formula is C26H29FN4O2. The third-order valence-electron chi connectivity index (χ3n) is 5.47. The lowest BCUT2D eigenvalue weighted by atomic mass is 10.1. The molecule has 1 heterocycles. The lowest BCUT2D eigenvalue weighted by Crippen LogP contribution is -2.32. The van der Waals surface area contributed by atoms with E-state index in [0.29, 0.717) is 12.1 Å². The van der Waals surface area contributed by atoms with Crippen molar-refractivity contribution in [2.45, 2.75) is 46.7 Å². The van der Waals surface area contributed by atoms with Gasteiger partial charge in [-0.2, -0.15) is 5.10 Å². The van der Waals surface area contributed by atoms with Crippen LogP contribution in [0.1, 0.15) is 53.1 Å². The summed E-state index contributed by atoms with van der Waals surface area (Å²) in [6.07, 6.45) is 4.05. The molecule has 0 aliphatic carbocycles. The van der Waals surface area contributed by atoms with Crippen molar-refractivity contribution in [2.24, 2.45) is 0 Å². The summed E-state index contributed by atoms with van der Waals surface area (Å²) in [5.41, 5.74) is 4.60. The van der Waals surface area contributed by atoms with Gasteiger partial charge in [-0.1, -0.05) is 19.1 Å². The summed E-state index contributed by atoms with van der Waals surface area (Å²) in [5.74, 6) is -0.682. The molecule has 1 atom stereocenters. The molecule has 0 radical (unpaired) electrons. The minimum Gasteiger partial charge on any atom is -0.350 e. The first-order valence-corrected chi connectivity index (χ1v) is 11.0. The topological polar surface area (TPSA) is 76.0 Å². The van der Waals surface area contributed by atoms with E-state index in [2.05, 4.69) is 15.7 Å². The second kappa shape index (κ2) is 10.7. The van der Waals surface area contributed by atoms with E-state index in [1.165, 1.54) is 18.2 Å². The highest BCUT2D eigenvalue weighted by molar-refractivity contribution is 5.94. The molecule has 1 unspecified atom stereocenters. The SMILES string of the molecule is CCC(C)NC(=O)c1cccc(CNC(=O)/C=C/c2c(C)nn(-c3ccc(F)cc3)c2C)c1. The van der Waals surface area contributed by atoms with Crippen LogP contribution in [-0.4, -0.2) is 27.6 Å². The Balaban J connectivity index is 1.64. The molecule has 0 saturated carbocycles. The maximum absolute atomic E-state index is 13.2. The van der Waals surface area contributed by atoms with Crippen LogP contribution in [0.15, 0.2) is 54.6 Å². The molecule has 1 aromatic heterocycles. The highest BCUT2D eigenvalue weighted by Gasteiger charge is 2.12. The van der Waals surface area contributed by atoms with Gasteiger partial charge in [-0.05, 0) is 75.2 Å². The Bertz CT molecular complexity index is 1170. The van der Waals surface area contributed by atoms with Crippen molar-refractivity contribution in [1.82, 2.24) is 20.4 Å². The van der Waals surface area contributed by atoms with Gasteiger partial charge in [-0.3, -0.25) is 9.59 Å². The molecule has 2 N–H and O–H groups in total. The molecule has 0 aliphatic rings. The lowest BCUT2D eigenvalue weighted by molar-refractivity contribution is -0.116. The lowest BCUT2D eigenvalue weighted by Gasteiger charge is -2.12. The van der Waals surface area contributed by atoms with Crippen LogP contribution in [0.5, 0.6) is 0 Å². The zero-order valence-corrected chi connectivity index (χ0v) is 19.4. The first-order chi connectivity index (χ1) is 15.8. The van der Waals surface area contributed by atoms with Crippen molar-refractivity contribution in [3.8, 4) is 5.69 Å². The van der Waals surface area contributed by atoms with Crippen molar-refractivity contribution in [3.05, 3.63) is 88.5 Å². The van der Waals surface area contributed by atoms with E-state index >= 15 is 0 Å². The third-order valence-corrected chi connectivity index (χ3v) is 5.47. The highest BCUT2D eigenvalue weighted by Crippen LogP contribution is 2.19. The molecular weight excluding hydrogens is 419 g/mol. The molecule has 2 aromatic carbocycles. The number of carbonyl (C=O) groups excluding carboxylic acids is 2. The van der Waals surface area contributed by atoms with Crippen LogP contribution in [0, 0.1) is 19.7 Å². The number of carbonyl (C=O) groups is 2. The maximum atomic E-state index is 13.2. The van der Waals surface area contributed by atoms with E-state index in [4.69, 9.17) is 0 Å². The van der Waals surface area contributed by atoms with Crippen LogP contribution in [0.25, 0.3) is 11.8 Å². The molecule has 2 amide bonds. The zero-order valence-electron chi connectivity index (χ0n) is 19.4. The normalized spacial score (nSPS) is 12.0. The van der Waals surface area contributed by atoms with Gasteiger partial charge in [0, 0.05) is 35.5 Å². The number of hydrogen-bond donors (Lipinski definition) is 2. The van der Waals surface area contributed by atoms with Gasteiger partial charge in [0.05, 0.1) is 11.4 Å². The van der Waals surface area contributed by atoms with Crippen LogP contribution in [0.4, 0.5) is 4.39 Å². The summed E-state index contributed by atoms with van der Waals surface area (Å²) in [7, 11) is 0. The highest BCUT2D eigenvalue weighted by atomic mass is 19.1. The second-order valence-electron chi connectivity index (χ2n) is 8.01. The Morgan fingerprint density at radius 2 is 1.88 bits per heavy atom. The predicted molar refractivity (Wildman–Crippen MR) is 128 cm³/mol. The predicted octanol–water partition coefficient (Wildman–Crippen LogP) is 4.49. The van der Waals surface area contributed by atoms with E-state index in [1.807, 2.05) is 33.8 Å². The van der Waals surface area contributed by atoms with Crippen LogP contribution in [-0.2, 0) is 11.3 Å². The summed E-state index contributed by atoms with van der Waals surface area (Å²) in [5, 5.41) is 10.3. The Morgan fingerprint density at radius 1 is 1.15 bits per heavy atom. The molecule has 6 nitrogen and oxygen atoms in total. The van der Waals surface area contributed by atoms with Crippen molar-refractivity contribution in [1.29, 1.82) is 0 Å². The number of hydrogen-bond acceptors (Lipinski definition) is 3. The summed E-state index contributed by atoms with van der Waals surface area (Å²) < 4.78 is 14.9. The maximum Gasteiger partial charge on any atom is 0.251 e. The summed E-state index contributed by atoms with van der Waals surface area (Å²) in [6.45, 7) is 8.04. The standard InChI is InChI=1S/C26H29FN4O2/c1-5-17(2)29-26(33)21-8-6-7-20(15-21)16-28-25(32)14-13-24-18(3)30-31(19(24)4)23-11-9-22(27)10-12-23/h6-15,17H,5,16H2,1-4H3,(H,28,32)(H,29,33)/b14-13+. The van der Waals surface area contributed by atoms with Gasteiger partial charge in [0.15, 0.2) is 0 Å². The van der Waals surface area contributed by atoms with Crippen molar-refractivity contribution < 1.29 is 14.0 Å². The van der Waals surface area contributed by atoms with Crippen LogP contribution in [0.3, 0.4) is 0 Å². The molecule has 3 aromatic rings. The Morgan fingerprint density at radius 3 is 2.58 bits per heavy atom. The van der Waals surface area contributed by atoms with Crippen molar-refractivity contribution in [2.75, 3.05) is 0 Å². The van der Waals surface area contributed by atoms with E-state index in [1.54, 1.807) is 41.1 Å². The quantitative estimate of drug-likeness (QED) is 0.499. The monoisotopic (exact) mass is 448 g/mol. The molecule has 0 fully saturated rings. The number of rotatable bonds is 8. The minimum atomic E-state index is -0.307. The van der Waals surface area contributed by atoms with E-state index < -0.39 is 0 Å². The van der Waals surface area contributed by atoms with Gasteiger partial charge in [0.2, 0.25) is 5.91 Å². The van der Waals surface area contributed by atoms with Gasteiger partial charge in [0.1, 0.15) is 5.82 Å². The number of amides is 2. The fourth-order valence-electron chi connectivity index (χ4n) is 3.37. The number of nitrogens with one attached hydrogen (secondary N) is 2. The van der Waals surface area contributed by atoms with Crippen LogP contribution < -0.4 is 10.6 Å². The summed E-state index contributed by atoms with van der Waals surface area (Å²) in [4.78, 5) is 24.7. The van der Waals surface area contributed by atoms with Gasteiger partial charge >= 0.3 is 0 Å². The molecule has 0 aliphatic heterocycles. The minimum absolute atomic E-state index is 0.102. The van der Waals surface area contributed by atoms with Crippen molar-refractivity contribution in [3.63, 3.8) is 0 Å². The molecule has 3 rings (SSSR count). The van der Waals surface area contributed by atoms with E-state index in [9.17, 15) is 14.0 Å². The smallest absolute Gasteiger partial charge is 0.251 e. The number of aryl methyl sites for hydroxylation is 1. The fraction of sp³-hybridized carbons (Fsp3) is 0.269. The third kappa shape index (κ3) is 6.16. The van der Waals surface area contributed by atoms with Gasteiger partial charge in [-0.25, -0.2) is 9.07 Å². The van der Waals surface area contributed by atoms with Crippen LogP contribution in [0.2, 0.25) is 0 Å². The van der Waals surface area contributed by atoms with Gasteiger partial charge in [0.25, 0.3) is 5.91 Å². The number of aromatic nitrogens is 2. The number of nitrogens with zero attached hydrogens (tertiary/aromatic N) is 2. The average molecular weight is 449 g/mol. The Kier molecular flexibility index (Phi) is 7.77. The molecule has 33 heavy (non-hydrogen) atoms. The Hall–Kier alpha value is -3.74. The molecule has 0 bridgehead atoms. The molecule has 7 heteroatoms. The summed E-state index contributed by atoms with van der Waals surface area (Å²) in [6, 6.07) is 13.4. The molecule has 172 valence electrons. The summed E-state index contributed by atoms with van der Waals surface area (Å²) >= 11 is 0. The number of halogens is 1. The molecule has 0 saturated heterocycles. The first kappa shape index (κ1) is 23.9. The first-order valence-electron chi connectivity index (χ1n) is 11.0. The van der Waals surface area contributed by atoms with E-state index in [-0.39, 0.29) is 23.7 Å². The van der Waals surface area contributed by atoms with Crippen LogP contribution >= 0.6 is 0 Å². The van der Waals surface area contributed by atoms with Gasteiger partial charge < -0.3 is 10.6 Å². The van der Waals surface area contributed by atoms with Gasteiger partial charge in [-0.15, -0.1) is 0 Å².